The summed E-state index contributed by atoms with van der Waals surface area (Å²) in [4.78, 5) is 52.0. The number of nitrogens with zero attached hydrogens (tertiary/aromatic N) is 1. The number of nitrogens with one attached hydrogen (secondary N) is 3. The van der Waals surface area contributed by atoms with E-state index in [1.807, 2.05) is 48.5 Å². The van der Waals surface area contributed by atoms with E-state index in [9.17, 15) is 24.3 Å². The van der Waals surface area contributed by atoms with Crippen LogP contribution >= 0.6 is 23.2 Å². The number of aryl methyl sites for hydroxylation is 1. The highest BCUT2D eigenvalue weighted by Crippen LogP contribution is 2.31. The van der Waals surface area contributed by atoms with Gasteiger partial charge in [0.25, 0.3) is 11.8 Å². The zero-order valence-electron chi connectivity index (χ0n) is 21.2. The molecule has 3 aromatic rings. The van der Waals surface area contributed by atoms with Crippen molar-refractivity contribution in [1.29, 1.82) is 0 Å². The molecule has 1 aliphatic carbocycles. The Labute approximate surface area is 240 Å². The van der Waals surface area contributed by atoms with Gasteiger partial charge < -0.3 is 26.0 Å². The van der Waals surface area contributed by atoms with Crippen LogP contribution in [0.4, 0.5) is 4.79 Å². The van der Waals surface area contributed by atoms with Gasteiger partial charge in [0.05, 0.1) is 28.2 Å². The number of hydrogen-bond acceptors (Lipinski definition) is 4. The first-order chi connectivity index (χ1) is 19.2. The Morgan fingerprint density at radius 2 is 1.52 bits per heavy atom. The summed E-state index contributed by atoms with van der Waals surface area (Å²) in [6, 6.07) is 16.0. The van der Waals surface area contributed by atoms with Gasteiger partial charge in [-0.2, -0.15) is 0 Å². The van der Waals surface area contributed by atoms with Crippen LogP contribution in [0.2, 0.25) is 10.0 Å². The van der Waals surface area contributed by atoms with Crippen molar-refractivity contribution in [2.24, 2.45) is 0 Å². The van der Waals surface area contributed by atoms with E-state index < -0.39 is 23.9 Å². The predicted molar refractivity (Wildman–Crippen MR) is 149 cm³/mol. The van der Waals surface area contributed by atoms with Gasteiger partial charge in [0.2, 0.25) is 0 Å². The number of hydrogen-bond donors (Lipinski definition) is 4. The third-order valence-electron chi connectivity index (χ3n) is 7.15. The lowest BCUT2D eigenvalue weighted by Crippen LogP contribution is -2.50. The molecule has 0 aromatic heterocycles. The number of carboxylic acids is 1. The van der Waals surface area contributed by atoms with Crippen molar-refractivity contribution < 1.29 is 24.3 Å². The number of benzene rings is 3. The van der Waals surface area contributed by atoms with Gasteiger partial charge in [-0.15, -0.1) is 0 Å². The van der Waals surface area contributed by atoms with Crippen molar-refractivity contribution in [3.05, 3.63) is 104 Å². The molecular weight excluding hydrogens is 555 g/mol. The van der Waals surface area contributed by atoms with Crippen LogP contribution < -0.4 is 16.0 Å². The van der Waals surface area contributed by atoms with E-state index >= 15 is 0 Å². The van der Waals surface area contributed by atoms with Crippen LogP contribution in [-0.2, 0) is 24.3 Å². The van der Waals surface area contributed by atoms with Crippen LogP contribution in [0.5, 0.6) is 0 Å². The monoisotopic (exact) mass is 580 g/mol. The van der Waals surface area contributed by atoms with Gasteiger partial charge >= 0.3 is 12.0 Å². The zero-order chi connectivity index (χ0) is 28.4. The summed E-state index contributed by atoms with van der Waals surface area (Å²) in [5.41, 5.74) is 4.35. The number of halogens is 2. The fraction of sp³-hybridized carbons (Fsp3) is 0.241. The lowest BCUT2D eigenvalue weighted by atomic mass is 10.1. The van der Waals surface area contributed by atoms with Gasteiger partial charge in [-0.05, 0) is 47.2 Å². The SMILES string of the molecule is O=C(NCC(NC(=O)c1c(Cl)cc(C(=O)N2Cc3ccccc3C2)cc1Cl)C(=O)O)NC1CCc2ccccc21. The van der Waals surface area contributed by atoms with E-state index in [1.165, 1.54) is 12.1 Å². The Kier molecular flexibility index (Phi) is 7.95. The third-order valence-corrected chi connectivity index (χ3v) is 7.75. The Bertz CT molecular complexity index is 1460. The van der Waals surface area contributed by atoms with E-state index in [0.29, 0.717) is 13.1 Å². The van der Waals surface area contributed by atoms with Gasteiger partial charge in [0, 0.05) is 18.7 Å². The highest BCUT2D eigenvalue weighted by atomic mass is 35.5. The normalized spacial score (nSPS) is 16.1. The molecule has 4 amide bonds. The number of amides is 4. The molecule has 1 heterocycles. The molecule has 0 spiro atoms. The maximum atomic E-state index is 13.1. The minimum absolute atomic E-state index is 0.0974. The summed E-state index contributed by atoms with van der Waals surface area (Å²) in [5.74, 6) is -2.50. The highest BCUT2D eigenvalue weighted by molar-refractivity contribution is 6.40. The molecule has 5 rings (SSSR count). The highest BCUT2D eigenvalue weighted by Gasteiger charge is 2.29. The average Bonchev–Trinajstić information content (AvgIpc) is 3.54. The van der Waals surface area contributed by atoms with Crippen LogP contribution in [0.15, 0.2) is 60.7 Å². The van der Waals surface area contributed by atoms with Crippen LogP contribution in [0.3, 0.4) is 0 Å². The number of carbonyl (C=O) groups excluding carboxylic acids is 3. The fourth-order valence-electron chi connectivity index (χ4n) is 5.11. The molecule has 2 aliphatic rings. The Balaban J connectivity index is 1.20. The molecule has 0 saturated carbocycles. The lowest BCUT2D eigenvalue weighted by Gasteiger charge is -2.19. The second-order valence-corrected chi connectivity index (χ2v) is 10.6. The van der Waals surface area contributed by atoms with Gasteiger partial charge in [-0.1, -0.05) is 71.7 Å². The molecule has 2 unspecified atom stereocenters. The zero-order valence-corrected chi connectivity index (χ0v) is 22.8. The van der Waals surface area contributed by atoms with Crippen LogP contribution in [-0.4, -0.2) is 46.4 Å². The minimum Gasteiger partial charge on any atom is -0.480 e. The topological polar surface area (TPSA) is 128 Å². The Hall–Kier alpha value is -4.08. The number of carbonyl (C=O) groups is 4. The number of aliphatic carboxylic acids is 1. The summed E-state index contributed by atoms with van der Waals surface area (Å²) in [5, 5.41) is 17.2. The molecule has 0 fully saturated rings. The number of fused-ring (bicyclic) bond motifs is 2. The fourth-order valence-corrected chi connectivity index (χ4v) is 5.77. The molecule has 1 aliphatic heterocycles. The summed E-state index contributed by atoms with van der Waals surface area (Å²) >= 11 is 12.7. The molecular formula is C29H26Cl2N4O5. The second kappa shape index (κ2) is 11.6. The van der Waals surface area contributed by atoms with Crippen molar-refractivity contribution in [3.63, 3.8) is 0 Å². The van der Waals surface area contributed by atoms with E-state index in [4.69, 9.17) is 23.2 Å². The van der Waals surface area contributed by atoms with Crippen molar-refractivity contribution in [1.82, 2.24) is 20.9 Å². The summed E-state index contributed by atoms with van der Waals surface area (Å²) in [6.07, 6.45) is 1.58. The van der Waals surface area contributed by atoms with Gasteiger partial charge in [-0.25, -0.2) is 9.59 Å². The van der Waals surface area contributed by atoms with Crippen molar-refractivity contribution >= 4 is 47.0 Å². The van der Waals surface area contributed by atoms with Crippen molar-refractivity contribution in [3.8, 4) is 0 Å². The average molecular weight is 581 g/mol. The molecule has 2 atom stereocenters. The van der Waals surface area contributed by atoms with Crippen molar-refractivity contribution in [2.45, 2.75) is 38.0 Å². The summed E-state index contributed by atoms with van der Waals surface area (Å²) in [6.45, 7) is 0.518. The Morgan fingerprint density at radius 1 is 0.925 bits per heavy atom. The molecule has 0 saturated heterocycles. The van der Waals surface area contributed by atoms with Gasteiger partial charge in [0.15, 0.2) is 0 Å². The first-order valence-corrected chi connectivity index (χ1v) is 13.5. The van der Waals surface area contributed by atoms with Gasteiger partial charge in [0.1, 0.15) is 6.04 Å². The number of rotatable bonds is 7. The quantitative estimate of drug-likeness (QED) is 0.331. The molecule has 40 heavy (non-hydrogen) atoms. The van der Waals surface area contributed by atoms with E-state index in [2.05, 4.69) is 16.0 Å². The minimum atomic E-state index is -1.45. The smallest absolute Gasteiger partial charge is 0.328 e. The van der Waals surface area contributed by atoms with E-state index in [0.717, 1.165) is 35.1 Å². The Morgan fingerprint density at radius 3 is 2.15 bits per heavy atom. The third kappa shape index (κ3) is 5.76. The second-order valence-electron chi connectivity index (χ2n) is 9.75. The lowest BCUT2D eigenvalue weighted by molar-refractivity contribution is -0.139. The molecule has 11 heteroatoms. The largest absolute Gasteiger partial charge is 0.480 e. The summed E-state index contributed by atoms with van der Waals surface area (Å²) < 4.78 is 0. The summed E-state index contributed by atoms with van der Waals surface area (Å²) in [7, 11) is 0. The number of urea groups is 1. The molecule has 9 nitrogen and oxygen atoms in total. The van der Waals surface area contributed by atoms with Gasteiger partial charge in [-0.3, -0.25) is 9.59 Å². The molecule has 4 N–H and O–H groups in total. The molecule has 3 aromatic carbocycles. The van der Waals surface area contributed by atoms with Crippen LogP contribution in [0, 0.1) is 0 Å². The molecule has 206 valence electrons. The maximum Gasteiger partial charge on any atom is 0.328 e. The van der Waals surface area contributed by atoms with Crippen molar-refractivity contribution in [2.75, 3.05) is 6.54 Å². The van der Waals surface area contributed by atoms with Crippen LogP contribution in [0.25, 0.3) is 0 Å². The van der Waals surface area contributed by atoms with E-state index in [-0.39, 0.29) is 39.7 Å². The molecule has 0 bridgehead atoms. The number of carboxylic acid groups (broad SMARTS) is 1. The van der Waals surface area contributed by atoms with Crippen LogP contribution in [0.1, 0.15) is 55.4 Å². The predicted octanol–water partition coefficient (Wildman–Crippen LogP) is 4.32. The first-order valence-electron chi connectivity index (χ1n) is 12.7. The van der Waals surface area contributed by atoms with E-state index in [1.54, 1.807) is 4.90 Å². The molecule has 0 radical (unpaired) electrons. The first kappa shape index (κ1) is 27.5. The standard InChI is InChI=1S/C29H26Cl2N4O5/c30-21-11-19(27(37)35-14-17-6-1-2-7-18(17)15-35)12-22(31)25(21)26(36)33-24(28(38)39)13-32-29(40)34-23-10-9-16-5-3-4-8-20(16)23/h1-8,11-12,23-24H,9-10,13-15H2,(H,33,36)(H,38,39)(H2,32,34,40). The maximum absolute atomic E-state index is 13.1.